The number of amides is 1. The summed E-state index contributed by atoms with van der Waals surface area (Å²) in [5.41, 5.74) is 0. The van der Waals surface area contributed by atoms with Crippen molar-refractivity contribution in [1.82, 2.24) is 5.32 Å². The molecule has 1 rings (SSSR count). The molecule has 5 atom stereocenters. The van der Waals surface area contributed by atoms with Gasteiger partial charge in [-0.3, -0.25) is 4.79 Å². The topological polar surface area (TPSA) is 146 Å². The zero-order valence-electron chi connectivity index (χ0n) is 11.6. The molecule has 1 aliphatic heterocycles. The molecule has 1 amide bonds. The summed E-state index contributed by atoms with van der Waals surface area (Å²) < 4.78 is 9.64. The maximum atomic E-state index is 11.4. The molecule has 0 saturated heterocycles. The summed E-state index contributed by atoms with van der Waals surface area (Å²) in [6.45, 7) is 0.430. The Morgan fingerprint density at radius 1 is 1.48 bits per heavy atom. The van der Waals surface area contributed by atoms with Crippen LogP contribution < -0.4 is 5.32 Å². The van der Waals surface area contributed by atoms with Gasteiger partial charge in [-0.1, -0.05) is 0 Å². The Balaban J connectivity index is 3.05. The summed E-state index contributed by atoms with van der Waals surface area (Å²) in [5, 5.41) is 40.6. The summed E-state index contributed by atoms with van der Waals surface area (Å²) in [4.78, 5) is 22.6. The van der Waals surface area contributed by atoms with Crippen molar-refractivity contribution < 1.29 is 39.5 Å². The van der Waals surface area contributed by atoms with E-state index in [1.165, 1.54) is 6.92 Å². The molecule has 0 spiro atoms. The van der Waals surface area contributed by atoms with Crippen LogP contribution >= 0.6 is 0 Å². The van der Waals surface area contributed by atoms with Crippen LogP contribution in [-0.2, 0) is 19.1 Å². The number of methoxy groups -OCH3 is 1. The Morgan fingerprint density at radius 3 is 2.57 bits per heavy atom. The van der Waals surface area contributed by atoms with Crippen LogP contribution in [0.25, 0.3) is 0 Å². The second kappa shape index (κ2) is 7.36. The van der Waals surface area contributed by atoms with Gasteiger partial charge in [0.15, 0.2) is 6.10 Å². The number of aliphatic hydroxyl groups is 4. The summed E-state index contributed by atoms with van der Waals surface area (Å²) in [7, 11) is 1.10. The molecule has 0 fully saturated rings. The van der Waals surface area contributed by atoms with Crippen LogP contribution in [0.1, 0.15) is 6.92 Å². The van der Waals surface area contributed by atoms with Crippen LogP contribution in [0.4, 0.5) is 0 Å². The molecule has 1 aliphatic rings. The van der Waals surface area contributed by atoms with Gasteiger partial charge in [-0.15, -0.1) is 0 Å². The van der Waals surface area contributed by atoms with Crippen LogP contribution in [-0.4, -0.2) is 76.5 Å². The monoisotopic (exact) mass is 305 g/mol. The fourth-order valence-corrected chi connectivity index (χ4v) is 1.94. The Bertz CT molecular complexity index is 423. The van der Waals surface area contributed by atoms with Crippen LogP contribution in [0, 0.1) is 0 Å². The third-order valence-electron chi connectivity index (χ3n) is 2.98. The van der Waals surface area contributed by atoms with Gasteiger partial charge in [0.2, 0.25) is 11.7 Å². The van der Waals surface area contributed by atoms with Gasteiger partial charge in [0.25, 0.3) is 0 Å². The second-order valence-electron chi connectivity index (χ2n) is 4.56. The van der Waals surface area contributed by atoms with Crippen molar-refractivity contribution in [3.05, 3.63) is 11.8 Å². The maximum Gasteiger partial charge on any atom is 0.373 e. The van der Waals surface area contributed by atoms with Gasteiger partial charge in [-0.25, -0.2) is 4.79 Å². The lowest BCUT2D eigenvalue weighted by Gasteiger charge is -2.38. The minimum absolute atomic E-state index is 0.360. The molecule has 1 heterocycles. The fourth-order valence-electron chi connectivity index (χ4n) is 1.94. The van der Waals surface area contributed by atoms with Crippen LogP contribution in [0.2, 0.25) is 0 Å². The lowest BCUT2D eigenvalue weighted by molar-refractivity contribution is -0.152. The first-order valence-corrected chi connectivity index (χ1v) is 6.20. The van der Waals surface area contributed by atoms with Gasteiger partial charge in [0, 0.05) is 6.92 Å². The zero-order valence-corrected chi connectivity index (χ0v) is 11.6. The first-order valence-electron chi connectivity index (χ1n) is 6.20. The van der Waals surface area contributed by atoms with Crippen LogP contribution in [0.5, 0.6) is 0 Å². The van der Waals surface area contributed by atoms with E-state index < -0.39 is 48.9 Å². The first kappa shape index (κ1) is 17.4. The van der Waals surface area contributed by atoms with E-state index in [9.17, 15) is 24.9 Å². The average molecular weight is 305 g/mol. The lowest BCUT2D eigenvalue weighted by Crippen LogP contribution is -2.59. The van der Waals surface area contributed by atoms with Gasteiger partial charge in [0.05, 0.1) is 19.8 Å². The SMILES string of the molecule is COC(=O)C1=C[C@H](O)[C@@H](NC(C)=O)[C@@H](C(O)C(O)CO)O1. The summed E-state index contributed by atoms with van der Waals surface area (Å²) in [6.07, 6.45) is -4.88. The molecule has 0 saturated carbocycles. The number of rotatable bonds is 5. The predicted molar refractivity (Wildman–Crippen MR) is 67.7 cm³/mol. The van der Waals surface area contributed by atoms with Crippen LogP contribution in [0.3, 0.4) is 0 Å². The quantitative estimate of drug-likeness (QED) is 0.338. The fraction of sp³-hybridized carbons (Fsp3) is 0.667. The largest absolute Gasteiger partial charge is 0.478 e. The molecule has 5 N–H and O–H groups in total. The first-order chi connectivity index (χ1) is 9.81. The normalized spacial score (nSPS) is 27.9. The highest BCUT2D eigenvalue weighted by Crippen LogP contribution is 2.23. The Hall–Kier alpha value is -1.68. The second-order valence-corrected chi connectivity index (χ2v) is 4.56. The lowest BCUT2D eigenvalue weighted by atomic mass is 9.94. The Labute approximate surface area is 120 Å². The predicted octanol–water partition coefficient (Wildman–Crippen LogP) is -2.98. The van der Waals surface area contributed by atoms with E-state index in [4.69, 9.17) is 9.84 Å². The summed E-state index contributed by atoms with van der Waals surface area (Å²) >= 11 is 0. The molecule has 0 radical (unpaired) electrons. The van der Waals surface area contributed by atoms with E-state index >= 15 is 0 Å². The minimum Gasteiger partial charge on any atom is -0.478 e. The van der Waals surface area contributed by atoms with Crippen molar-refractivity contribution in [2.75, 3.05) is 13.7 Å². The summed E-state index contributed by atoms with van der Waals surface area (Å²) in [6, 6.07) is -1.10. The molecule has 0 bridgehead atoms. The standard InChI is InChI=1S/C12H19NO8/c1-5(15)13-9-6(16)3-8(12(19)20-2)21-11(9)10(18)7(17)4-14/h3,6-7,9-11,14,16-18H,4H2,1-2H3,(H,13,15)/t6-,7?,9+,10?,11-/m0/s1. The van der Waals surface area contributed by atoms with Gasteiger partial charge < -0.3 is 35.2 Å². The zero-order chi connectivity index (χ0) is 16.2. The molecule has 9 nitrogen and oxygen atoms in total. The molecule has 0 aliphatic carbocycles. The number of hydrogen-bond acceptors (Lipinski definition) is 8. The number of nitrogens with one attached hydrogen (secondary N) is 1. The van der Waals surface area contributed by atoms with Gasteiger partial charge >= 0.3 is 5.97 Å². The number of carbonyl (C=O) groups is 2. The number of esters is 1. The maximum absolute atomic E-state index is 11.4. The molecular weight excluding hydrogens is 286 g/mol. The van der Waals surface area contributed by atoms with E-state index in [-0.39, 0.29) is 5.76 Å². The van der Waals surface area contributed by atoms with E-state index in [0.29, 0.717) is 0 Å². The third kappa shape index (κ3) is 4.14. The van der Waals surface area contributed by atoms with Crippen LogP contribution in [0.15, 0.2) is 11.8 Å². The van der Waals surface area contributed by atoms with E-state index in [1.54, 1.807) is 0 Å². The smallest absolute Gasteiger partial charge is 0.373 e. The van der Waals surface area contributed by atoms with E-state index in [1.807, 2.05) is 0 Å². The highest BCUT2D eigenvalue weighted by molar-refractivity contribution is 5.86. The molecule has 2 unspecified atom stereocenters. The van der Waals surface area contributed by atoms with Crippen molar-refractivity contribution in [3.63, 3.8) is 0 Å². The van der Waals surface area contributed by atoms with E-state index in [0.717, 1.165) is 13.2 Å². The number of carbonyl (C=O) groups excluding carboxylic acids is 2. The Kier molecular flexibility index (Phi) is 6.09. The number of hydrogen-bond donors (Lipinski definition) is 5. The van der Waals surface area contributed by atoms with Crippen molar-refractivity contribution in [2.24, 2.45) is 0 Å². The average Bonchev–Trinajstić information content (AvgIpc) is 2.46. The summed E-state index contributed by atoms with van der Waals surface area (Å²) in [5.74, 6) is -1.75. The third-order valence-corrected chi connectivity index (χ3v) is 2.98. The van der Waals surface area contributed by atoms with Crippen molar-refractivity contribution in [2.45, 2.75) is 37.4 Å². The molecule has 120 valence electrons. The van der Waals surface area contributed by atoms with Gasteiger partial charge in [-0.05, 0) is 6.08 Å². The van der Waals surface area contributed by atoms with Gasteiger partial charge in [0.1, 0.15) is 18.3 Å². The molecular formula is C12H19NO8. The molecule has 21 heavy (non-hydrogen) atoms. The minimum atomic E-state index is -1.64. The van der Waals surface area contributed by atoms with Crippen molar-refractivity contribution in [1.29, 1.82) is 0 Å². The highest BCUT2D eigenvalue weighted by atomic mass is 16.6. The Morgan fingerprint density at radius 2 is 2.10 bits per heavy atom. The van der Waals surface area contributed by atoms with Gasteiger partial charge in [-0.2, -0.15) is 0 Å². The number of ether oxygens (including phenoxy) is 2. The van der Waals surface area contributed by atoms with E-state index in [2.05, 4.69) is 10.1 Å². The van der Waals surface area contributed by atoms with Crippen molar-refractivity contribution >= 4 is 11.9 Å². The van der Waals surface area contributed by atoms with Crippen molar-refractivity contribution in [3.8, 4) is 0 Å². The molecule has 0 aromatic heterocycles. The number of aliphatic hydroxyl groups excluding tert-OH is 4. The highest BCUT2D eigenvalue weighted by Gasteiger charge is 2.43. The molecule has 9 heteroatoms. The molecule has 0 aromatic carbocycles. The molecule has 0 aromatic rings.